The number of hydrogen-bond donors (Lipinski definition) is 2. The van der Waals surface area contributed by atoms with Crippen LogP contribution < -0.4 is 5.32 Å². The van der Waals surface area contributed by atoms with Gasteiger partial charge in [-0.2, -0.15) is 0 Å². The first kappa shape index (κ1) is 12.9. The average Bonchev–Trinajstić information content (AvgIpc) is 2.34. The van der Waals surface area contributed by atoms with Crippen LogP contribution >= 0.6 is 11.6 Å². The summed E-state index contributed by atoms with van der Waals surface area (Å²) >= 11 is 6.27. The van der Waals surface area contributed by atoms with Gasteiger partial charge in [-0.05, 0) is 49.9 Å². The monoisotopic (exact) mass is 253 g/mol. The lowest BCUT2D eigenvalue weighted by Gasteiger charge is -2.36. The molecule has 1 aromatic carbocycles. The van der Waals surface area contributed by atoms with E-state index in [9.17, 15) is 5.11 Å². The van der Waals surface area contributed by atoms with E-state index in [-0.39, 0.29) is 12.0 Å². The van der Waals surface area contributed by atoms with Crippen molar-refractivity contribution in [3.8, 4) is 0 Å². The maximum absolute atomic E-state index is 9.67. The van der Waals surface area contributed by atoms with Crippen LogP contribution in [0.4, 0.5) is 0 Å². The molecule has 1 atom stereocenters. The Morgan fingerprint density at radius 1 is 1.47 bits per heavy atom. The van der Waals surface area contributed by atoms with Crippen LogP contribution in [0.1, 0.15) is 24.0 Å². The molecule has 1 saturated heterocycles. The minimum Gasteiger partial charge on any atom is -0.396 e. The van der Waals surface area contributed by atoms with Gasteiger partial charge in [0.25, 0.3) is 0 Å². The van der Waals surface area contributed by atoms with Crippen molar-refractivity contribution in [2.24, 2.45) is 5.41 Å². The highest BCUT2D eigenvalue weighted by Crippen LogP contribution is 2.32. The summed E-state index contributed by atoms with van der Waals surface area (Å²) in [5.74, 6) is 0. The number of aliphatic hydroxyl groups is 1. The van der Waals surface area contributed by atoms with Crippen LogP contribution in [0, 0.1) is 12.3 Å². The second kappa shape index (κ2) is 5.38. The molecular formula is C14H20ClNO. The summed E-state index contributed by atoms with van der Waals surface area (Å²) in [5.41, 5.74) is 2.30. The number of aliphatic hydroxyl groups excluding tert-OH is 1. The third-order valence-electron chi connectivity index (χ3n) is 3.67. The van der Waals surface area contributed by atoms with Gasteiger partial charge in [-0.1, -0.05) is 23.7 Å². The van der Waals surface area contributed by atoms with E-state index in [0.29, 0.717) is 0 Å². The highest BCUT2D eigenvalue weighted by atomic mass is 35.5. The summed E-state index contributed by atoms with van der Waals surface area (Å²) in [4.78, 5) is 0. The van der Waals surface area contributed by atoms with Crippen molar-refractivity contribution in [2.75, 3.05) is 19.7 Å². The lowest BCUT2D eigenvalue weighted by molar-refractivity contribution is 0.0948. The molecule has 17 heavy (non-hydrogen) atoms. The summed E-state index contributed by atoms with van der Waals surface area (Å²) in [6.07, 6.45) is 3.06. The van der Waals surface area contributed by atoms with Gasteiger partial charge >= 0.3 is 0 Å². The molecule has 0 aliphatic carbocycles. The second-order valence-electron chi connectivity index (χ2n) is 5.21. The van der Waals surface area contributed by atoms with Crippen molar-refractivity contribution in [2.45, 2.75) is 26.2 Å². The Morgan fingerprint density at radius 3 is 2.88 bits per heavy atom. The van der Waals surface area contributed by atoms with Gasteiger partial charge in [0.1, 0.15) is 0 Å². The standard InChI is InChI=1S/C14H20ClNO/c1-11-3-4-12(13(15)7-11)8-14(10-17)5-2-6-16-9-14/h3-4,7,16-17H,2,5-6,8-10H2,1H3. The van der Waals surface area contributed by atoms with Crippen molar-refractivity contribution >= 4 is 11.6 Å². The first-order chi connectivity index (χ1) is 8.15. The molecule has 0 amide bonds. The Kier molecular flexibility index (Phi) is 4.08. The van der Waals surface area contributed by atoms with E-state index in [2.05, 4.69) is 17.4 Å². The Balaban J connectivity index is 2.17. The second-order valence-corrected chi connectivity index (χ2v) is 5.62. The van der Waals surface area contributed by atoms with Gasteiger partial charge in [0.2, 0.25) is 0 Å². The first-order valence-electron chi connectivity index (χ1n) is 6.22. The minimum atomic E-state index is -0.0306. The molecule has 1 unspecified atom stereocenters. The van der Waals surface area contributed by atoms with Crippen molar-refractivity contribution in [1.29, 1.82) is 0 Å². The van der Waals surface area contributed by atoms with Gasteiger partial charge < -0.3 is 10.4 Å². The highest BCUT2D eigenvalue weighted by Gasteiger charge is 2.32. The molecule has 94 valence electrons. The van der Waals surface area contributed by atoms with Gasteiger partial charge in [-0.3, -0.25) is 0 Å². The molecule has 1 aliphatic rings. The summed E-state index contributed by atoms with van der Waals surface area (Å²) in [6, 6.07) is 6.17. The quantitative estimate of drug-likeness (QED) is 0.868. The minimum absolute atomic E-state index is 0.0306. The molecule has 0 saturated carbocycles. The van der Waals surface area contributed by atoms with Crippen molar-refractivity contribution in [3.63, 3.8) is 0 Å². The SMILES string of the molecule is Cc1ccc(CC2(CO)CCCNC2)c(Cl)c1. The van der Waals surface area contributed by atoms with E-state index in [1.54, 1.807) is 0 Å². The lowest BCUT2D eigenvalue weighted by Crippen LogP contribution is -2.44. The molecule has 3 heteroatoms. The Labute approximate surface area is 108 Å². The van der Waals surface area contributed by atoms with Crippen molar-refractivity contribution in [3.05, 3.63) is 34.3 Å². The largest absolute Gasteiger partial charge is 0.396 e. The number of rotatable bonds is 3. The van der Waals surface area contributed by atoms with Gasteiger partial charge in [-0.25, -0.2) is 0 Å². The van der Waals surface area contributed by atoms with Crippen molar-refractivity contribution in [1.82, 2.24) is 5.32 Å². The van der Waals surface area contributed by atoms with E-state index in [1.165, 1.54) is 5.56 Å². The first-order valence-corrected chi connectivity index (χ1v) is 6.60. The number of aryl methyl sites for hydroxylation is 1. The average molecular weight is 254 g/mol. The lowest BCUT2D eigenvalue weighted by atomic mass is 9.76. The van der Waals surface area contributed by atoms with Gasteiger partial charge in [-0.15, -0.1) is 0 Å². The van der Waals surface area contributed by atoms with Crippen LogP contribution in [-0.4, -0.2) is 24.8 Å². The number of hydrogen-bond acceptors (Lipinski definition) is 2. The van der Waals surface area contributed by atoms with Crippen LogP contribution in [0.5, 0.6) is 0 Å². The predicted octanol–water partition coefficient (Wildman–Crippen LogP) is 2.55. The Bertz CT molecular complexity index is 386. The Hall–Kier alpha value is -0.570. The fraction of sp³-hybridized carbons (Fsp3) is 0.571. The molecule has 0 aromatic heterocycles. The zero-order valence-corrected chi connectivity index (χ0v) is 11.1. The molecule has 2 rings (SSSR count). The highest BCUT2D eigenvalue weighted by molar-refractivity contribution is 6.31. The normalized spacial score (nSPS) is 24.9. The molecule has 2 nitrogen and oxygen atoms in total. The van der Waals surface area contributed by atoms with E-state index in [0.717, 1.165) is 42.9 Å². The van der Waals surface area contributed by atoms with Gasteiger partial charge in [0.15, 0.2) is 0 Å². The fourth-order valence-electron chi connectivity index (χ4n) is 2.57. The molecule has 1 aromatic rings. The summed E-state index contributed by atoms with van der Waals surface area (Å²) < 4.78 is 0. The summed E-state index contributed by atoms with van der Waals surface area (Å²) in [6.45, 7) is 4.21. The fourth-order valence-corrected chi connectivity index (χ4v) is 2.87. The molecule has 0 radical (unpaired) electrons. The molecular weight excluding hydrogens is 234 g/mol. The summed E-state index contributed by atoms with van der Waals surface area (Å²) in [7, 11) is 0. The molecule has 0 bridgehead atoms. The van der Waals surface area contributed by atoms with E-state index in [4.69, 9.17) is 11.6 Å². The molecule has 1 aliphatic heterocycles. The van der Waals surface area contributed by atoms with Crippen LogP contribution in [0.3, 0.4) is 0 Å². The third kappa shape index (κ3) is 3.01. The van der Waals surface area contributed by atoms with E-state index >= 15 is 0 Å². The maximum Gasteiger partial charge on any atom is 0.0502 e. The van der Waals surface area contributed by atoms with Gasteiger partial charge in [0.05, 0.1) is 6.61 Å². The molecule has 0 spiro atoms. The van der Waals surface area contributed by atoms with Crippen molar-refractivity contribution < 1.29 is 5.11 Å². The maximum atomic E-state index is 9.67. The number of piperidine rings is 1. The topological polar surface area (TPSA) is 32.3 Å². The smallest absolute Gasteiger partial charge is 0.0502 e. The van der Waals surface area contributed by atoms with Crippen LogP contribution in [0.15, 0.2) is 18.2 Å². The summed E-state index contributed by atoms with van der Waals surface area (Å²) in [5, 5.41) is 13.9. The van der Waals surface area contributed by atoms with E-state index < -0.39 is 0 Å². The number of benzene rings is 1. The predicted molar refractivity (Wildman–Crippen MR) is 71.5 cm³/mol. The Morgan fingerprint density at radius 2 is 2.29 bits per heavy atom. The molecule has 1 heterocycles. The number of halogens is 1. The van der Waals surface area contributed by atoms with Gasteiger partial charge in [0, 0.05) is 17.0 Å². The third-order valence-corrected chi connectivity index (χ3v) is 4.02. The van der Waals surface area contributed by atoms with Crippen LogP contribution in [0.25, 0.3) is 0 Å². The zero-order chi connectivity index (χ0) is 12.3. The zero-order valence-electron chi connectivity index (χ0n) is 10.3. The van der Waals surface area contributed by atoms with Crippen LogP contribution in [0.2, 0.25) is 5.02 Å². The molecule has 1 fully saturated rings. The van der Waals surface area contributed by atoms with E-state index in [1.807, 2.05) is 13.0 Å². The van der Waals surface area contributed by atoms with Crippen LogP contribution in [-0.2, 0) is 6.42 Å². The number of nitrogens with one attached hydrogen (secondary N) is 1. The molecule has 2 N–H and O–H groups in total.